The summed E-state index contributed by atoms with van der Waals surface area (Å²) in [4.78, 5) is 4.74. The lowest BCUT2D eigenvalue weighted by Crippen LogP contribution is -2.43. The van der Waals surface area contributed by atoms with Crippen LogP contribution in [0.25, 0.3) is 5.57 Å². The van der Waals surface area contributed by atoms with E-state index in [1.165, 1.54) is 60.6 Å². The fraction of sp³-hybridized carbons (Fsp3) is 0.484. The number of ether oxygens (including phenoxy) is 1. The van der Waals surface area contributed by atoms with E-state index in [2.05, 4.69) is 95.2 Å². The summed E-state index contributed by atoms with van der Waals surface area (Å²) in [5, 5.41) is 10.1. The van der Waals surface area contributed by atoms with Crippen LogP contribution in [0.5, 0.6) is 0 Å². The second-order valence-corrected chi connectivity index (χ2v) is 9.87. The van der Waals surface area contributed by atoms with Gasteiger partial charge in [-0.1, -0.05) is 42.8 Å². The van der Waals surface area contributed by atoms with Gasteiger partial charge in [0.05, 0.1) is 12.9 Å². The van der Waals surface area contributed by atoms with Crippen LogP contribution >= 0.6 is 0 Å². The minimum atomic E-state index is 0.777. The van der Waals surface area contributed by atoms with E-state index in [-0.39, 0.29) is 0 Å². The molecule has 3 N–H and O–H groups in total. The van der Waals surface area contributed by atoms with Gasteiger partial charge in [0, 0.05) is 64.5 Å². The predicted molar refractivity (Wildman–Crippen MR) is 157 cm³/mol. The van der Waals surface area contributed by atoms with E-state index in [9.17, 15) is 0 Å². The van der Waals surface area contributed by atoms with E-state index in [1.807, 2.05) is 13.2 Å². The third-order valence-corrected chi connectivity index (χ3v) is 6.98. The van der Waals surface area contributed by atoms with Gasteiger partial charge in [-0.3, -0.25) is 0 Å². The third kappa shape index (κ3) is 9.22. The standard InChI is InChI=1S/C25H33N3O.C6H14N2/c1-19-8-5-6-11-24(29-4)16-22-15-23(18-28(3)25(22)27-13-12-19)21-10-7-9-20(14-21)17-26-2;1-2-8-5-3-7-4-6-8/h7-15,26-27H,5-6,16-18H2,1-4H3;7H,2-6H2,1H3/b13-12+,19-8+,24-11+;. The molecule has 1 aromatic rings. The Labute approximate surface area is 224 Å². The summed E-state index contributed by atoms with van der Waals surface area (Å²) < 4.78 is 5.70. The lowest BCUT2D eigenvalue weighted by molar-refractivity contribution is 0.253. The smallest absolute Gasteiger partial charge is 0.109 e. The average Bonchev–Trinajstić information content (AvgIpc) is 2.92. The van der Waals surface area contributed by atoms with Crippen LogP contribution in [0.3, 0.4) is 0 Å². The fourth-order valence-corrected chi connectivity index (χ4v) is 4.82. The number of nitrogens with one attached hydrogen (secondary N) is 3. The van der Waals surface area contributed by atoms with Gasteiger partial charge in [0.15, 0.2) is 0 Å². The quantitative estimate of drug-likeness (QED) is 0.543. The summed E-state index contributed by atoms with van der Waals surface area (Å²) in [6.45, 7) is 12.1. The molecule has 3 aliphatic heterocycles. The second-order valence-electron chi connectivity index (χ2n) is 9.87. The Morgan fingerprint density at radius 1 is 1.11 bits per heavy atom. The number of methoxy groups -OCH3 is 1. The highest BCUT2D eigenvalue weighted by molar-refractivity contribution is 5.72. The van der Waals surface area contributed by atoms with Gasteiger partial charge in [-0.2, -0.15) is 0 Å². The molecule has 0 saturated carbocycles. The molecule has 202 valence electrons. The van der Waals surface area contributed by atoms with Crippen LogP contribution in [0.15, 0.2) is 77.5 Å². The lowest BCUT2D eigenvalue weighted by Gasteiger charge is -2.31. The summed E-state index contributed by atoms with van der Waals surface area (Å²) in [5.41, 5.74) is 6.41. The minimum absolute atomic E-state index is 0.777. The molecule has 1 saturated heterocycles. The van der Waals surface area contributed by atoms with Crippen molar-refractivity contribution in [3.63, 3.8) is 0 Å². The van der Waals surface area contributed by atoms with E-state index in [0.29, 0.717) is 0 Å². The van der Waals surface area contributed by atoms with Crippen LogP contribution in [0.1, 0.15) is 44.2 Å². The normalized spacial score (nSPS) is 22.8. The van der Waals surface area contributed by atoms with Crippen LogP contribution in [0, 0.1) is 0 Å². The van der Waals surface area contributed by atoms with Crippen molar-refractivity contribution in [2.45, 2.75) is 39.7 Å². The lowest BCUT2D eigenvalue weighted by atomic mass is 9.95. The molecule has 0 bridgehead atoms. The van der Waals surface area contributed by atoms with E-state index < -0.39 is 0 Å². The Morgan fingerprint density at radius 3 is 2.59 bits per heavy atom. The van der Waals surface area contributed by atoms with E-state index in [1.54, 1.807) is 7.11 Å². The first-order chi connectivity index (χ1) is 18.0. The van der Waals surface area contributed by atoms with Crippen molar-refractivity contribution in [1.82, 2.24) is 25.8 Å². The molecule has 1 fully saturated rings. The number of likely N-dealkylation sites (N-methyl/N-ethyl adjacent to an activating group) is 2. The maximum absolute atomic E-state index is 5.70. The van der Waals surface area contributed by atoms with Crippen LogP contribution in [-0.4, -0.2) is 70.3 Å². The number of benzene rings is 1. The monoisotopic (exact) mass is 505 g/mol. The Bertz CT molecular complexity index is 1010. The number of piperazine rings is 1. The third-order valence-electron chi connectivity index (χ3n) is 6.98. The maximum Gasteiger partial charge on any atom is 0.109 e. The highest BCUT2D eigenvalue weighted by Crippen LogP contribution is 2.30. The van der Waals surface area contributed by atoms with Gasteiger partial charge >= 0.3 is 0 Å². The number of hydrogen-bond acceptors (Lipinski definition) is 6. The molecule has 0 aliphatic carbocycles. The molecule has 6 nitrogen and oxygen atoms in total. The van der Waals surface area contributed by atoms with Crippen LogP contribution < -0.4 is 16.0 Å². The van der Waals surface area contributed by atoms with Gasteiger partial charge in [-0.15, -0.1) is 0 Å². The zero-order valence-corrected chi connectivity index (χ0v) is 23.6. The van der Waals surface area contributed by atoms with Crippen molar-refractivity contribution >= 4 is 5.57 Å². The SMILES string of the molecule is CCN1CCNCC1.CNCc1cccc(C2=CC3=C(N/C=C/C(C)=C/CC/C=C(/OC)C3)N(C)C2)c1. The summed E-state index contributed by atoms with van der Waals surface area (Å²) in [7, 11) is 5.90. The molecule has 4 rings (SSSR count). The first-order valence-corrected chi connectivity index (χ1v) is 13.7. The van der Waals surface area contributed by atoms with Gasteiger partial charge in [0.2, 0.25) is 0 Å². The number of allylic oxidation sites excluding steroid dienone is 6. The molecular formula is C31H47N5O. The Kier molecular flexibility index (Phi) is 12.0. The van der Waals surface area contributed by atoms with Crippen molar-refractivity contribution in [3.05, 3.63) is 88.6 Å². The molecule has 0 unspecified atom stereocenters. The van der Waals surface area contributed by atoms with Crippen molar-refractivity contribution < 1.29 is 4.74 Å². The Morgan fingerprint density at radius 2 is 1.89 bits per heavy atom. The first kappa shape index (κ1) is 28.8. The minimum Gasteiger partial charge on any atom is -0.501 e. The molecule has 0 atom stereocenters. The Balaban J connectivity index is 0.000000405. The number of nitrogens with zero attached hydrogens (tertiary/aromatic N) is 2. The van der Waals surface area contributed by atoms with E-state index >= 15 is 0 Å². The molecule has 0 radical (unpaired) electrons. The van der Waals surface area contributed by atoms with Crippen LogP contribution in [0.4, 0.5) is 0 Å². The number of rotatable bonds is 5. The van der Waals surface area contributed by atoms with Crippen molar-refractivity contribution in [2.24, 2.45) is 0 Å². The largest absolute Gasteiger partial charge is 0.501 e. The van der Waals surface area contributed by atoms with Crippen molar-refractivity contribution in [2.75, 3.05) is 60.5 Å². The van der Waals surface area contributed by atoms with E-state index in [4.69, 9.17) is 4.74 Å². The summed E-state index contributed by atoms with van der Waals surface area (Å²) in [5.74, 6) is 2.15. The molecular weight excluding hydrogens is 458 g/mol. The first-order valence-electron chi connectivity index (χ1n) is 13.7. The molecule has 0 aromatic heterocycles. The van der Waals surface area contributed by atoms with Gasteiger partial charge in [-0.05, 0) is 68.3 Å². The second kappa shape index (κ2) is 15.5. The van der Waals surface area contributed by atoms with Gasteiger partial charge in [-0.25, -0.2) is 0 Å². The van der Waals surface area contributed by atoms with Gasteiger partial charge in [0.25, 0.3) is 0 Å². The van der Waals surface area contributed by atoms with Gasteiger partial charge in [0.1, 0.15) is 5.82 Å². The summed E-state index contributed by atoms with van der Waals surface area (Å²) in [6.07, 6.45) is 13.8. The van der Waals surface area contributed by atoms with Crippen LogP contribution in [-0.2, 0) is 11.3 Å². The van der Waals surface area contributed by atoms with E-state index in [0.717, 1.165) is 43.9 Å². The molecule has 37 heavy (non-hydrogen) atoms. The maximum atomic E-state index is 5.70. The molecule has 3 aliphatic rings. The molecule has 0 spiro atoms. The zero-order chi connectivity index (χ0) is 26.5. The van der Waals surface area contributed by atoms with Crippen molar-refractivity contribution in [3.8, 4) is 0 Å². The van der Waals surface area contributed by atoms with Gasteiger partial charge < -0.3 is 30.5 Å². The highest BCUT2D eigenvalue weighted by atomic mass is 16.5. The molecule has 6 heteroatoms. The summed E-state index contributed by atoms with van der Waals surface area (Å²) >= 11 is 0. The molecule has 1 aromatic carbocycles. The van der Waals surface area contributed by atoms with Crippen LogP contribution in [0.2, 0.25) is 0 Å². The topological polar surface area (TPSA) is 51.8 Å². The molecule has 3 heterocycles. The Hall–Kier alpha value is -2.80. The van der Waals surface area contributed by atoms with Crippen molar-refractivity contribution in [1.29, 1.82) is 0 Å². The average molecular weight is 506 g/mol. The molecule has 0 amide bonds. The fourth-order valence-electron chi connectivity index (χ4n) is 4.82. The predicted octanol–water partition coefficient (Wildman–Crippen LogP) is 4.62. The highest BCUT2D eigenvalue weighted by Gasteiger charge is 2.20. The number of hydrogen-bond donors (Lipinski definition) is 3. The summed E-state index contributed by atoms with van der Waals surface area (Å²) in [6, 6.07) is 8.80. The zero-order valence-electron chi connectivity index (χ0n) is 23.6.